The summed E-state index contributed by atoms with van der Waals surface area (Å²) in [5.74, 6) is 0.618. The van der Waals surface area contributed by atoms with Crippen molar-refractivity contribution < 1.29 is 4.79 Å². The second kappa shape index (κ2) is 9.22. The number of carbonyl (C=O) groups is 1. The smallest absolute Gasteiger partial charge is 0.253 e. The monoisotopic (exact) mass is 423 g/mol. The second-order valence-electron chi connectivity index (χ2n) is 8.34. The predicted octanol–water partition coefficient (Wildman–Crippen LogP) is 4.57. The van der Waals surface area contributed by atoms with Crippen molar-refractivity contribution in [1.29, 1.82) is 0 Å². The van der Waals surface area contributed by atoms with Gasteiger partial charge in [0.1, 0.15) is 6.33 Å². The van der Waals surface area contributed by atoms with E-state index in [9.17, 15) is 4.79 Å². The number of nitrogens with zero attached hydrogens (tertiary/aromatic N) is 5. The third kappa shape index (κ3) is 4.35. The Labute approximate surface area is 187 Å². The molecule has 6 nitrogen and oxygen atoms in total. The molecule has 1 aromatic carbocycles. The van der Waals surface area contributed by atoms with Crippen molar-refractivity contribution >= 4 is 16.8 Å². The molecule has 0 saturated carbocycles. The van der Waals surface area contributed by atoms with Crippen LogP contribution in [0.1, 0.15) is 35.2 Å². The van der Waals surface area contributed by atoms with Crippen LogP contribution >= 0.6 is 0 Å². The van der Waals surface area contributed by atoms with Crippen LogP contribution in [0.2, 0.25) is 0 Å². The first kappa shape index (κ1) is 20.2. The SMILES string of the molecule is O=C(c1ccnc(-c2cncnc2)c1)N1CCC[C@@H](Cc2cccc3cccnc23)CC1. The van der Waals surface area contributed by atoms with Gasteiger partial charge in [-0.25, -0.2) is 9.97 Å². The molecule has 3 aromatic heterocycles. The Morgan fingerprint density at radius 1 is 0.969 bits per heavy atom. The highest BCUT2D eigenvalue weighted by molar-refractivity contribution is 5.95. The van der Waals surface area contributed by atoms with Gasteiger partial charge in [0.2, 0.25) is 0 Å². The standard InChI is InChI=1S/C26H25N5O/c32-26(22-8-11-29-24(15-22)23-16-27-18-28-17-23)31-12-3-4-19(9-13-31)14-21-6-1-5-20-7-2-10-30-25(20)21/h1-2,5-8,10-11,15-19H,3-4,9,12-14H2/t19-/m1/s1. The first-order valence-electron chi connectivity index (χ1n) is 11.1. The summed E-state index contributed by atoms with van der Waals surface area (Å²) in [6, 6.07) is 14.1. The molecule has 0 unspecified atom stereocenters. The third-order valence-electron chi connectivity index (χ3n) is 6.22. The summed E-state index contributed by atoms with van der Waals surface area (Å²) in [5, 5.41) is 1.19. The number of hydrogen-bond donors (Lipinski definition) is 0. The summed E-state index contributed by atoms with van der Waals surface area (Å²) in [6.45, 7) is 1.56. The summed E-state index contributed by atoms with van der Waals surface area (Å²) < 4.78 is 0. The Bertz CT molecular complexity index is 1220. The molecule has 1 fully saturated rings. The van der Waals surface area contributed by atoms with Gasteiger partial charge in [0, 0.05) is 54.4 Å². The highest BCUT2D eigenvalue weighted by Crippen LogP contribution is 2.26. The number of aromatic nitrogens is 4. The average molecular weight is 424 g/mol. The largest absolute Gasteiger partial charge is 0.339 e. The number of pyridine rings is 2. The van der Waals surface area contributed by atoms with Crippen molar-refractivity contribution in [2.24, 2.45) is 5.92 Å². The fourth-order valence-corrected chi connectivity index (χ4v) is 4.55. The van der Waals surface area contributed by atoms with Gasteiger partial charge in [0.15, 0.2) is 0 Å². The van der Waals surface area contributed by atoms with Gasteiger partial charge in [-0.3, -0.25) is 14.8 Å². The van der Waals surface area contributed by atoms with E-state index in [2.05, 4.69) is 44.2 Å². The van der Waals surface area contributed by atoms with Crippen LogP contribution in [-0.2, 0) is 6.42 Å². The molecule has 5 rings (SSSR count). The molecule has 1 aliphatic heterocycles. The maximum absolute atomic E-state index is 13.2. The van der Waals surface area contributed by atoms with Crippen molar-refractivity contribution in [3.63, 3.8) is 0 Å². The highest BCUT2D eigenvalue weighted by atomic mass is 16.2. The van der Waals surface area contributed by atoms with Crippen LogP contribution in [0.15, 0.2) is 73.6 Å². The molecular formula is C26H25N5O. The van der Waals surface area contributed by atoms with Crippen molar-refractivity contribution in [2.75, 3.05) is 13.1 Å². The van der Waals surface area contributed by atoms with Crippen molar-refractivity contribution in [3.05, 3.63) is 84.7 Å². The number of para-hydroxylation sites is 1. The fourth-order valence-electron chi connectivity index (χ4n) is 4.55. The molecule has 1 saturated heterocycles. The predicted molar refractivity (Wildman–Crippen MR) is 124 cm³/mol. The van der Waals surface area contributed by atoms with E-state index in [0.29, 0.717) is 17.2 Å². The zero-order valence-electron chi connectivity index (χ0n) is 17.9. The minimum atomic E-state index is 0.0676. The first-order valence-corrected chi connectivity index (χ1v) is 11.1. The molecule has 32 heavy (non-hydrogen) atoms. The summed E-state index contributed by atoms with van der Waals surface area (Å²) in [6.07, 6.45) is 12.6. The van der Waals surface area contributed by atoms with E-state index in [1.54, 1.807) is 24.7 Å². The van der Waals surface area contributed by atoms with Crippen LogP contribution in [0.3, 0.4) is 0 Å². The topological polar surface area (TPSA) is 71.9 Å². The van der Waals surface area contributed by atoms with E-state index < -0.39 is 0 Å². The number of hydrogen-bond acceptors (Lipinski definition) is 5. The molecule has 1 amide bonds. The van der Waals surface area contributed by atoms with Crippen molar-refractivity contribution in [2.45, 2.75) is 25.7 Å². The molecule has 6 heteroatoms. The van der Waals surface area contributed by atoms with Crippen LogP contribution in [0.5, 0.6) is 0 Å². The normalized spacial score (nSPS) is 16.6. The van der Waals surface area contributed by atoms with Crippen LogP contribution in [0.25, 0.3) is 22.2 Å². The molecule has 0 N–H and O–H groups in total. The van der Waals surface area contributed by atoms with Gasteiger partial charge in [-0.1, -0.05) is 24.3 Å². The van der Waals surface area contributed by atoms with E-state index in [-0.39, 0.29) is 5.91 Å². The Balaban J connectivity index is 1.28. The Kier molecular flexibility index (Phi) is 5.83. The molecule has 4 aromatic rings. The lowest BCUT2D eigenvalue weighted by Crippen LogP contribution is -2.32. The van der Waals surface area contributed by atoms with E-state index in [0.717, 1.165) is 49.9 Å². The lowest BCUT2D eigenvalue weighted by atomic mass is 9.91. The molecule has 1 atom stereocenters. The number of likely N-dealkylation sites (tertiary alicyclic amines) is 1. The molecule has 0 spiro atoms. The van der Waals surface area contributed by atoms with Gasteiger partial charge in [-0.05, 0) is 55.4 Å². The van der Waals surface area contributed by atoms with Gasteiger partial charge in [0.05, 0.1) is 11.2 Å². The minimum absolute atomic E-state index is 0.0676. The average Bonchev–Trinajstić information content (AvgIpc) is 3.10. The molecule has 0 aliphatic carbocycles. The van der Waals surface area contributed by atoms with E-state index in [4.69, 9.17) is 0 Å². The second-order valence-corrected chi connectivity index (χ2v) is 8.34. The quantitative estimate of drug-likeness (QED) is 0.481. The summed E-state index contributed by atoms with van der Waals surface area (Å²) in [7, 11) is 0. The van der Waals surface area contributed by atoms with Crippen LogP contribution in [-0.4, -0.2) is 43.8 Å². The lowest BCUT2D eigenvalue weighted by Gasteiger charge is -2.21. The van der Waals surface area contributed by atoms with Crippen molar-refractivity contribution in [1.82, 2.24) is 24.8 Å². The fraction of sp³-hybridized carbons (Fsp3) is 0.269. The number of amides is 1. The van der Waals surface area contributed by atoms with Gasteiger partial charge in [0.25, 0.3) is 5.91 Å². The maximum atomic E-state index is 13.2. The van der Waals surface area contributed by atoms with E-state index in [1.807, 2.05) is 23.2 Å². The zero-order chi connectivity index (χ0) is 21.8. The lowest BCUT2D eigenvalue weighted by molar-refractivity contribution is 0.0760. The zero-order valence-corrected chi connectivity index (χ0v) is 17.9. The Hall–Kier alpha value is -3.67. The Morgan fingerprint density at radius 3 is 2.75 bits per heavy atom. The van der Waals surface area contributed by atoms with Crippen LogP contribution in [0.4, 0.5) is 0 Å². The first-order chi connectivity index (χ1) is 15.8. The van der Waals surface area contributed by atoms with Gasteiger partial charge < -0.3 is 4.90 Å². The highest BCUT2D eigenvalue weighted by Gasteiger charge is 2.23. The summed E-state index contributed by atoms with van der Waals surface area (Å²) in [4.78, 5) is 32.3. The maximum Gasteiger partial charge on any atom is 0.253 e. The Morgan fingerprint density at radius 2 is 1.84 bits per heavy atom. The van der Waals surface area contributed by atoms with Gasteiger partial charge in [-0.2, -0.15) is 0 Å². The van der Waals surface area contributed by atoms with E-state index >= 15 is 0 Å². The molecule has 0 bridgehead atoms. The summed E-state index contributed by atoms with van der Waals surface area (Å²) >= 11 is 0. The van der Waals surface area contributed by atoms with Gasteiger partial charge in [-0.15, -0.1) is 0 Å². The van der Waals surface area contributed by atoms with Crippen molar-refractivity contribution in [3.8, 4) is 11.3 Å². The number of benzene rings is 1. The minimum Gasteiger partial charge on any atom is -0.339 e. The molecule has 1 aliphatic rings. The number of carbonyl (C=O) groups excluding carboxylic acids is 1. The van der Waals surface area contributed by atoms with E-state index in [1.165, 1.54) is 17.3 Å². The molecule has 0 radical (unpaired) electrons. The third-order valence-corrected chi connectivity index (χ3v) is 6.22. The summed E-state index contributed by atoms with van der Waals surface area (Å²) in [5.41, 5.74) is 4.59. The van der Waals surface area contributed by atoms with Crippen LogP contribution in [0, 0.1) is 5.92 Å². The van der Waals surface area contributed by atoms with Crippen LogP contribution < -0.4 is 0 Å². The molecule has 4 heterocycles. The van der Waals surface area contributed by atoms with Gasteiger partial charge >= 0.3 is 0 Å². The number of rotatable bonds is 4. The number of fused-ring (bicyclic) bond motifs is 1. The molecular weight excluding hydrogens is 398 g/mol. The molecule has 160 valence electrons.